The third kappa shape index (κ3) is 4.48. The largest absolute Gasteiger partial charge is 0.480 e. The Hall–Kier alpha value is -2.04. The van der Waals surface area contributed by atoms with Gasteiger partial charge in [0, 0.05) is 12.2 Å². The summed E-state index contributed by atoms with van der Waals surface area (Å²) in [5.74, 6) is -0.240. The van der Waals surface area contributed by atoms with Crippen LogP contribution in [0.1, 0.15) is 38.2 Å². The average molecular weight is 290 g/mol. The van der Waals surface area contributed by atoms with E-state index in [1.807, 2.05) is 24.3 Å². The van der Waals surface area contributed by atoms with E-state index in [0.717, 1.165) is 24.1 Å². The van der Waals surface area contributed by atoms with Crippen molar-refractivity contribution in [2.75, 3.05) is 18.4 Å². The minimum absolute atomic E-state index is 0.258. The first kappa shape index (κ1) is 15.4. The van der Waals surface area contributed by atoms with Crippen LogP contribution in [0.2, 0.25) is 0 Å². The fraction of sp³-hybridized carbons (Fsp3) is 0.500. The first-order chi connectivity index (χ1) is 9.97. The molecule has 2 amide bonds. The summed E-state index contributed by atoms with van der Waals surface area (Å²) >= 11 is 0. The van der Waals surface area contributed by atoms with Gasteiger partial charge in [-0.3, -0.25) is 4.79 Å². The third-order valence-corrected chi connectivity index (χ3v) is 3.61. The summed E-state index contributed by atoms with van der Waals surface area (Å²) < 4.78 is 0. The number of urea groups is 1. The molecule has 0 bridgehead atoms. The van der Waals surface area contributed by atoms with Crippen molar-refractivity contribution in [2.24, 2.45) is 5.92 Å². The Balaban J connectivity index is 2.08. The summed E-state index contributed by atoms with van der Waals surface area (Å²) in [6.07, 6.45) is 2.15. The molecule has 0 aromatic heterocycles. The van der Waals surface area contributed by atoms with Crippen molar-refractivity contribution in [2.45, 2.75) is 32.6 Å². The van der Waals surface area contributed by atoms with Crippen molar-refractivity contribution >= 4 is 17.7 Å². The fourth-order valence-corrected chi connectivity index (χ4v) is 2.30. The van der Waals surface area contributed by atoms with Gasteiger partial charge in [-0.25, -0.2) is 4.79 Å². The lowest BCUT2D eigenvalue weighted by molar-refractivity contribution is -0.137. The number of anilines is 1. The molecule has 1 saturated carbocycles. The van der Waals surface area contributed by atoms with Crippen LogP contribution in [0.25, 0.3) is 0 Å². The zero-order valence-corrected chi connectivity index (χ0v) is 12.5. The zero-order valence-electron chi connectivity index (χ0n) is 12.5. The Morgan fingerprint density at radius 1 is 1.33 bits per heavy atom. The molecule has 0 radical (unpaired) electrons. The lowest BCUT2D eigenvalue weighted by Gasteiger charge is -2.22. The number of amides is 2. The number of nitrogens with zero attached hydrogens (tertiary/aromatic N) is 1. The first-order valence-electron chi connectivity index (χ1n) is 7.34. The van der Waals surface area contributed by atoms with E-state index in [2.05, 4.69) is 19.2 Å². The Bertz CT molecular complexity index is 524. The molecule has 5 nitrogen and oxygen atoms in total. The highest BCUT2D eigenvalue weighted by Gasteiger charge is 2.28. The molecule has 0 unspecified atom stereocenters. The van der Waals surface area contributed by atoms with E-state index >= 15 is 0 Å². The van der Waals surface area contributed by atoms with E-state index in [9.17, 15) is 9.59 Å². The van der Waals surface area contributed by atoms with Crippen LogP contribution in [0.5, 0.6) is 0 Å². The van der Waals surface area contributed by atoms with Gasteiger partial charge in [0.25, 0.3) is 0 Å². The normalized spacial score (nSPS) is 14.0. The third-order valence-electron chi connectivity index (χ3n) is 3.61. The number of rotatable bonds is 6. The van der Waals surface area contributed by atoms with Crippen LogP contribution >= 0.6 is 0 Å². The number of carbonyl (C=O) groups is 2. The maximum absolute atomic E-state index is 12.3. The van der Waals surface area contributed by atoms with Crippen LogP contribution in [-0.2, 0) is 4.79 Å². The van der Waals surface area contributed by atoms with E-state index < -0.39 is 5.97 Å². The standard InChI is InChI=1S/C16H22N2O3/c1-11(2)13-5-3-4-6-14(13)17-16(21)18(10-15(19)20)9-12-7-8-12/h3-6,11-12H,7-10H2,1-2H3,(H,17,21)(H,19,20). The highest BCUT2D eigenvalue weighted by atomic mass is 16.4. The summed E-state index contributed by atoms with van der Waals surface area (Å²) in [6, 6.07) is 7.29. The van der Waals surface area contributed by atoms with Crippen LogP contribution in [0.4, 0.5) is 10.5 Å². The number of carboxylic acid groups (broad SMARTS) is 1. The van der Waals surface area contributed by atoms with Crippen molar-refractivity contribution < 1.29 is 14.7 Å². The summed E-state index contributed by atoms with van der Waals surface area (Å²) in [5.41, 5.74) is 1.80. The number of hydrogen-bond acceptors (Lipinski definition) is 2. The van der Waals surface area contributed by atoms with E-state index in [0.29, 0.717) is 12.5 Å². The predicted octanol–water partition coefficient (Wildman–Crippen LogP) is 3.14. The summed E-state index contributed by atoms with van der Waals surface area (Å²) in [7, 11) is 0. The van der Waals surface area contributed by atoms with Crippen molar-refractivity contribution in [3.8, 4) is 0 Å². The first-order valence-corrected chi connectivity index (χ1v) is 7.34. The topological polar surface area (TPSA) is 69.6 Å². The molecule has 0 saturated heterocycles. The smallest absolute Gasteiger partial charge is 0.323 e. The number of carbonyl (C=O) groups excluding carboxylic acids is 1. The van der Waals surface area contributed by atoms with Gasteiger partial charge in [0.2, 0.25) is 0 Å². The number of nitrogens with one attached hydrogen (secondary N) is 1. The molecular formula is C16H22N2O3. The number of para-hydroxylation sites is 1. The van der Waals surface area contributed by atoms with Gasteiger partial charge in [0.1, 0.15) is 6.54 Å². The Morgan fingerprint density at radius 3 is 2.57 bits per heavy atom. The zero-order chi connectivity index (χ0) is 15.4. The minimum Gasteiger partial charge on any atom is -0.480 e. The number of carboxylic acids is 1. The van der Waals surface area contributed by atoms with Crippen molar-refractivity contribution in [3.63, 3.8) is 0 Å². The predicted molar refractivity (Wildman–Crippen MR) is 81.5 cm³/mol. The van der Waals surface area contributed by atoms with Gasteiger partial charge in [-0.2, -0.15) is 0 Å². The average Bonchev–Trinajstić information content (AvgIpc) is 3.21. The molecule has 5 heteroatoms. The molecule has 2 N–H and O–H groups in total. The van der Waals surface area contributed by atoms with E-state index in [4.69, 9.17) is 5.11 Å². The second-order valence-corrected chi connectivity index (χ2v) is 5.89. The second-order valence-electron chi connectivity index (χ2n) is 5.89. The SMILES string of the molecule is CC(C)c1ccccc1NC(=O)N(CC(=O)O)CC1CC1. The minimum atomic E-state index is -0.983. The van der Waals surface area contributed by atoms with Gasteiger partial charge in [0.05, 0.1) is 0 Å². The number of aliphatic carboxylic acids is 1. The molecule has 2 rings (SSSR count). The molecule has 21 heavy (non-hydrogen) atoms. The van der Waals surface area contributed by atoms with Gasteiger partial charge in [-0.05, 0) is 36.3 Å². The molecule has 0 heterocycles. The van der Waals surface area contributed by atoms with Gasteiger partial charge in [0.15, 0.2) is 0 Å². The molecule has 0 aliphatic heterocycles. The fourth-order valence-electron chi connectivity index (χ4n) is 2.30. The van der Waals surface area contributed by atoms with E-state index in [1.54, 1.807) is 0 Å². The van der Waals surface area contributed by atoms with Gasteiger partial charge >= 0.3 is 12.0 Å². The lowest BCUT2D eigenvalue weighted by atomic mass is 10.0. The summed E-state index contributed by atoms with van der Waals surface area (Å²) in [5, 5.41) is 11.8. The van der Waals surface area contributed by atoms with Gasteiger partial charge in [-0.15, -0.1) is 0 Å². The summed E-state index contributed by atoms with van der Waals surface area (Å²) in [4.78, 5) is 24.6. The van der Waals surface area contributed by atoms with E-state index in [-0.39, 0.29) is 18.5 Å². The Morgan fingerprint density at radius 2 is 2.00 bits per heavy atom. The highest BCUT2D eigenvalue weighted by molar-refractivity contribution is 5.92. The molecule has 1 aromatic carbocycles. The monoisotopic (exact) mass is 290 g/mol. The van der Waals surface area contributed by atoms with Crippen LogP contribution < -0.4 is 5.32 Å². The van der Waals surface area contributed by atoms with Crippen LogP contribution in [0, 0.1) is 5.92 Å². The molecule has 1 aliphatic carbocycles. The number of benzene rings is 1. The quantitative estimate of drug-likeness (QED) is 0.845. The number of hydrogen-bond donors (Lipinski definition) is 2. The maximum atomic E-state index is 12.3. The van der Waals surface area contributed by atoms with Gasteiger partial charge in [-0.1, -0.05) is 32.0 Å². The molecule has 0 spiro atoms. The maximum Gasteiger partial charge on any atom is 0.323 e. The van der Waals surface area contributed by atoms with Gasteiger partial charge < -0.3 is 15.3 Å². The molecule has 0 atom stereocenters. The Labute approximate surface area is 125 Å². The van der Waals surface area contributed by atoms with E-state index in [1.165, 1.54) is 4.90 Å². The molecular weight excluding hydrogens is 268 g/mol. The molecule has 1 aliphatic rings. The van der Waals surface area contributed by atoms with Crippen molar-refractivity contribution in [1.29, 1.82) is 0 Å². The van der Waals surface area contributed by atoms with Crippen LogP contribution in [-0.4, -0.2) is 35.1 Å². The Kier molecular flexibility index (Phi) is 4.83. The van der Waals surface area contributed by atoms with Crippen molar-refractivity contribution in [1.82, 2.24) is 4.90 Å². The molecule has 1 fully saturated rings. The van der Waals surface area contributed by atoms with Crippen LogP contribution in [0.15, 0.2) is 24.3 Å². The second kappa shape index (κ2) is 6.61. The van der Waals surface area contributed by atoms with Crippen molar-refractivity contribution in [3.05, 3.63) is 29.8 Å². The lowest BCUT2D eigenvalue weighted by Crippen LogP contribution is -2.40. The molecule has 1 aromatic rings. The van der Waals surface area contributed by atoms with Crippen LogP contribution in [0.3, 0.4) is 0 Å². The molecule has 114 valence electrons. The highest BCUT2D eigenvalue weighted by Crippen LogP contribution is 2.30. The summed E-state index contributed by atoms with van der Waals surface area (Å²) in [6.45, 7) is 4.38.